The van der Waals surface area contributed by atoms with Crippen LogP contribution in [0.15, 0.2) is 54.6 Å². The van der Waals surface area contributed by atoms with Gasteiger partial charge in [-0.25, -0.2) is 9.48 Å². The van der Waals surface area contributed by atoms with Gasteiger partial charge in [0.15, 0.2) is 0 Å². The summed E-state index contributed by atoms with van der Waals surface area (Å²) >= 11 is 0. The fourth-order valence-corrected chi connectivity index (χ4v) is 3.93. The van der Waals surface area contributed by atoms with E-state index in [1.165, 1.54) is 0 Å². The van der Waals surface area contributed by atoms with Gasteiger partial charge in [0.25, 0.3) is 0 Å². The Labute approximate surface area is 173 Å². The Kier molecular flexibility index (Phi) is 4.63. The van der Waals surface area contributed by atoms with Gasteiger partial charge >= 0.3 is 6.09 Å². The molecule has 0 radical (unpaired) electrons. The third-order valence-electron chi connectivity index (χ3n) is 5.56. The van der Waals surface area contributed by atoms with E-state index in [0.29, 0.717) is 31.0 Å². The van der Waals surface area contributed by atoms with Crippen molar-refractivity contribution in [2.24, 2.45) is 0 Å². The number of hydrogen-bond donors (Lipinski definition) is 1. The van der Waals surface area contributed by atoms with E-state index in [-0.39, 0.29) is 5.60 Å². The molecule has 8 nitrogen and oxygen atoms in total. The Hall–Kier alpha value is -3.39. The molecule has 1 amide bonds. The Morgan fingerprint density at radius 1 is 1.23 bits per heavy atom. The number of carbonyl (C=O) groups excluding carboxylic acids is 1. The first-order valence-corrected chi connectivity index (χ1v) is 9.90. The maximum atomic E-state index is 12.4. The molecule has 154 valence electrons. The van der Waals surface area contributed by atoms with Gasteiger partial charge in [0.05, 0.1) is 20.3 Å². The lowest BCUT2D eigenvalue weighted by atomic mass is 9.88. The zero-order valence-electron chi connectivity index (χ0n) is 16.6. The second-order valence-corrected chi connectivity index (χ2v) is 7.54. The number of carbonyl (C=O) groups is 1. The molecule has 3 aromatic rings. The number of methoxy groups -OCH3 is 1. The minimum absolute atomic E-state index is 0.360. The number of epoxide rings is 1. The van der Waals surface area contributed by atoms with Crippen LogP contribution in [0.1, 0.15) is 35.9 Å². The normalized spacial score (nSPS) is 21.7. The van der Waals surface area contributed by atoms with Gasteiger partial charge in [0.1, 0.15) is 28.8 Å². The fourth-order valence-electron chi connectivity index (χ4n) is 3.93. The third-order valence-corrected chi connectivity index (χ3v) is 5.56. The predicted molar refractivity (Wildman–Crippen MR) is 108 cm³/mol. The van der Waals surface area contributed by atoms with Gasteiger partial charge in [-0.05, 0) is 42.7 Å². The summed E-state index contributed by atoms with van der Waals surface area (Å²) in [5.74, 6) is 0.805. The summed E-state index contributed by atoms with van der Waals surface area (Å²) in [4.78, 5) is 12.4. The van der Waals surface area contributed by atoms with Gasteiger partial charge in [-0.1, -0.05) is 35.5 Å². The standard InChI is InChI=1S/C22H22N4O4/c1-28-17-9-7-15(8-10-17)13-26-20-19(24-25-26)18(11-12-22(20)14-29-22)30-21(27)23-16-5-3-2-4-6-16/h2-10,18H,11-14H2,1H3,(H,23,27)/t18-,22+/m1/s1. The lowest BCUT2D eigenvalue weighted by Gasteiger charge is -2.26. The summed E-state index contributed by atoms with van der Waals surface area (Å²) in [6.07, 6.45) is 0.452. The van der Waals surface area contributed by atoms with E-state index in [1.54, 1.807) is 7.11 Å². The number of para-hydroxylation sites is 1. The van der Waals surface area contributed by atoms with Gasteiger partial charge in [0, 0.05) is 5.69 Å². The zero-order chi connectivity index (χ0) is 20.6. The van der Waals surface area contributed by atoms with Crippen molar-refractivity contribution < 1.29 is 19.0 Å². The Balaban J connectivity index is 1.36. The number of fused-ring (bicyclic) bond motifs is 2. The average molecular weight is 406 g/mol. The Morgan fingerprint density at radius 2 is 2.00 bits per heavy atom. The molecule has 2 heterocycles. The first-order chi connectivity index (χ1) is 14.7. The highest BCUT2D eigenvalue weighted by Gasteiger charge is 2.55. The molecule has 1 spiro atoms. The van der Waals surface area contributed by atoms with Crippen molar-refractivity contribution in [3.8, 4) is 5.75 Å². The highest BCUT2D eigenvalue weighted by atomic mass is 16.6. The number of rotatable bonds is 5. The SMILES string of the molecule is COc1ccc(Cn2nnc3c2[C@]2(CC[C@H]3OC(=O)Nc3ccccc3)CO2)cc1. The minimum Gasteiger partial charge on any atom is -0.497 e. The Bertz CT molecular complexity index is 1040. The summed E-state index contributed by atoms with van der Waals surface area (Å²) in [5.41, 5.74) is 2.98. The number of hydrogen-bond acceptors (Lipinski definition) is 6. The summed E-state index contributed by atoms with van der Waals surface area (Å²) in [5, 5.41) is 11.5. The maximum absolute atomic E-state index is 12.4. The van der Waals surface area contributed by atoms with E-state index >= 15 is 0 Å². The second kappa shape index (κ2) is 7.46. The van der Waals surface area contributed by atoms with Crippen molar-refractivity contribution in [3.63, 3.8) is 0 Å². The van der Waals surface area contributed by atoms with Crippen LogP contribution in [-0.2, 0) is 21.6 Å². The topological polar surface area (TPSA) is 90.8 Å². The molecule has 1 saturated heterocycles. The number of amides is 1. The van der Waals surface area contributed by atoms with Crippen molar-refractivity contribution in [3.05, 3.63) is 71.5 Å². The van der Waals surface area contributed by atoms with Gasteiger partial charge in [-0.3, -0.25) is 5.32 Å². The molecule has 2 aliphatic rings. The maximum Gasteiger partial charge on any atom is 0.412 e. The van der Waals surface area contributed by atoms with Crippen molar-refractivity contribution in [1.82, 2.24) is 15.0 Å². The molecule has 1 aliphatic heterocycles. The van der Waals surface area contributed by atoms with Gasteiger partial charge in [-0.15, -0.1) is 5.10 Å². The molecule has 1 aromatic heterocycles. The van der Waals surface area contributed by atoms with Crippen LogP contribution < -0.4 is 10.1 Å². The van der Waals surface area contributed by atoms with Crippen molar-refractivity contribution >= 4 is 11.8 Å². The lowest BCUT2D eigenvalue weighted by Crippen LogP contribution is -2.28. The van der Waals surface area contributed by atoms with E-state index in [0.717, 1.165) is 23.4 Å². The smallest absolute Gasteiger partial charge is 0.412 e. The number of nitrogens with zero attached hydrogens (tertiary/aromatic N) is 3. The summed E-state index contributed by atoms with van der Waals surface area (Å²) < 4.78 is 18.6. The predicted octanol–water partition coefficient (Wildman–Crippen LogP) is 3.64. The van der Waals surface area contributed by atoms with Crippen molar-refractivity contribution in [2.45, 2.75) is 31.1 Å². The monoisotopic (exact) mass is 406 g/mol. The molecule has 1 N–H and O–H groups in total. The number of aromatic nitrogens is 3. The highest BCUT2D eigenvalue weighted by Crippen LogP contribution is 2.51. The first-order valence-electron chi connectivity index (χ1n) is 9.90. The van der Waals surface area contributed by atoms with Crippen LogP contribution in [0.5, 0.6) is 5.75 Å². The molecule has 0 saturated carbocycles. The Morgan fingerprint density at radius 3 is 2.70 bits per heavy atom. The van der Waals surface area contributed by atoms with Gasteiger partial charge in [-0.2, -0.15) is 0 Å². The molecule has 0 unspecified atom stereocenters. The fraction of sp³-hybridized carbons (Fsp3) is 0.318. The van der Waals surface area contributed by atoms with Crippen molar-refractivity contribution in [1.29, 1.82) is 0 Å². The van der Waals surface area contributed by atoms with Crippen LogP contribution >= 0.6 is 0 Å². The number of nitrogens with one attached hydrogen (secondary N) is 1. The molecule has 5 rings (SSSR count). The molecule has 1 aliphatic carbocycles. The molecular formula is C22H22N4O4. The second-order valence-electron chi connectivity index (χ2n) is 7.54. The minimum atomic E-state index is -0.505. The molecular weight excluding hydrogens is 384 g/mol. The number of benzene rings is 2. The summed E-state index contributed by atoms with van der Waals surface area (Å²) in [6.45, 7) is 1.19. The molecule has 2 aromatic carbocycles. The molecule has 0 bridgehead atoms. The van der Waals surface area contributed by atoms with Crippen LogP contribution in [0.3, 0.4) is 0 Å². The first kappa shape index (κ1) is 18.6. The van der Waals surface area contributed by atoms with Gasteiger partial charge in [0.2, 0.25) is 0 Å². The third kappa shape index (κ3) is 3.50. The van der Waals surface area contributed by atoms with E-state index in [4.69, 9.17) is 14.2 Å². The van der Waals surface area contributed by atoms with E-state index < -0.39 is 12.2 Å². The summed E-state index contributed by atoms with van der Waals surface area (Å²) in [7, 11) is 1.64. The highest BCUT2D eigenvalue weighted by molar-refractivity contribution is 5.84. The molecule has 1 fully saturated rings. The van der Waals surface area contributed by atoms with E-state index in [1.807, 2.05) is 59.3 Å². The zero-order valence-corrected chi connectivity index (χ0v) is 16.6. The molecule has 8 heteroatoms. The number of anilines is 1. The van der Waals surface area contributed by atoms with E-state index in [2.05, 4.69) is 15.6 Å². The molecule has 30 heavy (non-hydrogen) atoms. The summed E-state index contributed by atoms with van der Waals surface area (Å²) in [6, 6.07) is 17.1. The molecule has 2 atom stereocenters. The van der Waals surface area contributed by atoms with Crippen LogP contribution in [0.2, 0.25) is 0 Å². The number of ether oxygens (including phenoxy) is 3. The lowest BCUT2D eigenvalue weighted by molar-refractivity contribution is 0.0833. The van der Waals surface area contributed by atoms with E-state index in [9.17, 15) is 4.79 Å². The quantitative estimate of drug-likeness (QED) is 0.651. The average Bonchev–Trinajstić information content (AvgIpc) is 3.41. The van der Waals surface area contributed by atoms with Crippen LogP contribution in [0.4, 0.5) is 10.5 Å². The largest absolute Gasteiger partial charge is 0.497 e. The van der Waals surface area contributed by atoms with Crippen LogP contribution in [0, 0.1) is 0 Å². The van der Waals surface area contributed by atoms with Crippen molar-refractivity contribution in [2.75, 3.05) is 19.0 Å². The van der Waals surface area contributed by atoms with Crippen LogP contribution in [-0.4, -0.2) is 34.8 Å². The van der Waals surface area contributed by atoms with Crippen LogP contribution in [0.25, 0.3) is 0 Å². The van der Waals surface area contributed by atoms with Gasteiger partial charge < -0.3 is 14.2 Å².